The van der Waals surface area contributed by atoms with Gasteiger partial charge in [0.25, 0.3) is 0 Å². The third-order valence-electron chi connectivity index (χ3n) is 16.2. The van der Waals surface area contributed by atoms with Crippen molar-refractivity contribution >= 4 is 126 Å². The maximum absolute atomic E-state index is 6.78. The molecule has 4 nitrogen and oxygen atoms in total. The Labute approximate surface area is 387 Å². The Morgan fingerprint density at radius 2 is 1.21 bits per heavy atom. The quantitative estimate of drug-likeness (QED) is 0.154. The Morgan fingerprint density at radius 3 is 1.98 bits per heavy atom. The van der Waals surface area contributed by atoms with Crippen LogP contribution < -0.4 is 15.7 Å². The minimum Gasteiger partial charge on any atom is -0.456 e. The van der Waals surface area contributed by atoms with Crippen molar-refractivity contribution in [2.24, 2.45) is 0 Å². The number of furan rings is 2. The van der Waals surface area contributed by atoms with Gasteiger partial charge in [-0.3, -0.25) is 0 Å². The van der Waals surface area contributed by atoms with Crippen LogP contribution in [-0.2, 0) is 16.2 Å². The number of thiophene rings is 1. The summed E-state index contributed by atoms with van der Waals surface area (Å²) in [5.41, 5.74) is 19.5. The van der Waals surface area contributed by atoms with Crippen molar-refractivity contribution in [2.75, 3.05) is 4.81 Å². The number of rotatable bonds is 1. The first-order chi connectivity index (χ1) is 31.8. The third kappa shape index (κ3) is 4.70. The molecule has 3 aliphatic rings. The summed E-state index contributed by atoms with van der Waals surface area (Å²) in [6, 6.07) is 50.8. The van der Waals surface area contributed by atoms with Gasteiger partial charge in [-0.05, 0) is 135 Å². The van der Waals surface area contributed by atoms with Crippen LogP contribution in [0, 0.1) is 0 Å². The van der Waals surface area contributed by atoms with E-state index in [1.54, 1.807) is 0 Å². The fourth-order valence-electron chi connectivity index (χ4n) is 12.6. The second-order valence-corrected chi connectivity index (χ2v) is 23.0. The predicted octanol–water partition coefficient (Wildman–Crippen LogP) is 15.8. The summed E-state index contributed by atoms with van der Waals surface area (Å²) in [6.45, 7) is 16.5. The van der Waals surface area contributed by atoms with Crippen molar-refractivity contribution in [3.63, 3.8) is 0 Å². The lowest BCUT2D eigenvalue weighted by atomic mass is 9.44. The van der Waals surface area contributed by atoms with Crippen molar-refractivity contribution < 1.29 is 8.83 Å². The summed E-state index contributed by atoms with van der Waals surface area (Å²) in [4.78, 5) is 2.68. The van der Waals surface area contributed by atoms with Gasteiger partial charge >= 0.3 is 6.85 Å². The average Bonchev–Trinajstić information content (AvgIpc) is 4.06. The standard InChI is InChI=1S/C60H47BN2O2S/c1-58(2,3)32-16-18-33(19-17-32)63-46-28-41-40-26-42-43(60(6,7)25-24-59(42,4)5)30-53(40)66-52(41)29-38(46)35-20-21-37-54-45(22-23-50-55(54)36-13-9-11-15-49(36)64-50)62-47-27-39-34-12-8-10-14-48(34)65-51(39)31-44(47)61(63)56(35)57(37)62/h8-23,26-31H,24-25H2,1-7H3. The smallest absolute Gasteiger partial charge is 0.333 e. The highest BCUT2D eigenvalue weighted by Crippen LogP contribution is 2.53. The molecule has 0 spiro atoms. The fraction of sp³-hybridized carbons (Fsp3) is 0.200. The topological polar surface area (TPSA) is 34.5 Å². The van der Waals surface area contributed by atoms with E-state index in [2.05, 4.69) is 191 Å². The molecule has 0 atom stereocenters. The van der Waals surface area contributed by atoms with Gasteiger partial charge in [0, 0.05) is 75.1 Å². The van der Waals surface area contributed by atoms with Gasteiger partial charge < -0.3 is 18.2 Å². The molecular formula is C60H47BN2O2S. The van der Waals surface area contributed by atoms with Crippen LogP contribution in [0.2, 0.25) is 0 Å². The molecular weight excluding hydrogens is 824 g/mol. The first kappa shape index (κ1) is 37.5. The van der Waals surface area contributed by atoms with E-state index in [0.29, 0.717) is 0 Å². The number of hydrogen-bond acceptors (Lipinski definition) is 4. The van der Waals surface area contributed by atoms with Crippen molar-refractivity contribution in [3.8, 4) is 16.8 Å². The highest BCUT2D eigenvalue weighted by molar-refractivity contribution is 7.25. The zero-order valence-corrected chi connectivity index (χ0v) is 39.1. The molecule has 0 amide bonds. The SMILES string of the molecule is CC(C)(C)c1ccc(N2B3c4cc5oc6ccccc6c5cc4-n4c5ccc6oc7ccccc7c6c5c5ccc(c3c54)-c3cc4sc5cc6c(cc5c4cc32)C(C)(C)CCC6(C)C)cc1. The van der Waals surface area contributed by atoms with Crippen LogP contribution >= 0.6 is 11.3 Å². The minimum absolute atomic E-state index is 0.0220. The molecule has 12 aromatic rings. The molecule has 4 aromatic heterocycles. The molecule has 0 saturated heterocycles. The maximum Gasteiger partial charge on any atom is 0.333 e. The van der Waals surface area contributed by atoms with Gasteiger partial charge in [-0.2, -0.15) is 0 Å². The molecule has 0 bridgehead atoms. The van der Waals surface area contributed by atoms with E-state index in [-0.39, 0.29) is 23.1 Å². The Kier molecular flexibility index (Phi) is 6.91. The van der Waals surface area contributed by atoms with Crippen LogP contribution in [0.15, 0.2) is 142 Å². The molecule has 66 heavy (non-hydrogen) atoms. The third-order valence-corrected chi connectivity index (χ3v) is 17.3. The molecule has 0 N–H and O–H groups in total. The molecule has 0 radical (unpaired) electrons. The fourth-order valence-corrected chi connectivity index (χ4v) is 13.8. The zero-order chi connectivity index (χ0) is 44.3. The van der Waals surface area contributed by atoms with Crippen molar-refractivity contribution in [3.05, 3.63) is 150 Å². The highest BCUT2D eigenvalue weighted by Gasteiger charge is 2.45. The summed E-state index contributed by atoms with van der Waals surface area (Å²) in [6.07, 6.45) is 2.40. The van der Waals surface area contributed by atoms with Crippen LogP contribution in [0.3, 0.4) is 0 Å². The van der Waals surface area contributed by atoms with E-state index >= 15 is 0 Å². The van der Waals surface area contributed by atoms with Crippen molar-refractivity contribution in [1.82, 2.24) is 4.57 Å². The molecule has 318 valence electrons. The Hall–Kier alpha value is -6.76. The van der Waals surface area contributed by atoms with Crippen LogP contribution in [0.1, 0.15) is 78.0 Å². The van der Waals surface area contributed by atoms with E-state index in [1.165, 1.54) is 116 Å². The summed E-state index contributed by atoms with van der Waals surface area (Å²) in [7, 11) is 0. The monoisotopic (exact) mass is 870 g/mol. The highest BCUT2D eigenvalue weighted by atomic mass is 32.1. The average molecular weight is 871 g/mol. The van der Waals surface area contributed by atoms with Gasteiger partial charge in [0.05, 0.1) is 11.0 Å². The van der Waals surface area contributed by atoms with Crippen molar-refractivity contribution in [2.45, 2.75) is 77.6 Å². The summed E-state index contributed by atoms with van der Waals surface area (Å²) in [5.74, 6) is 0. The number of anilines is 2. The first-order valence-electron chi connectivity index (χ1n) is 23.6. The van der Waals surface area contributed by atoms with Gasteiger partial charge in [0.1, 0.15) is 22.3 Å². The van der Waals surface area contributed by atoms with Gasteiger partial charge in [0.2, 0.25) is 0 Å². The Morgan fingerprint density at radius 1 is 0.545 bits per heavy atom. The molecule has 1 aliphatic carbocycles. The lowest BCUT2D eigenvalue weighted by molar-refractivity contribution is 0.332. The maximum atomic E-state index is 6.78. The predicted molar refractivity (Wildman–Crippen MR) is 281 cm³/mol. The normalized spacial score (nSPS) is 16.2. The van der Waals surface area contributed by atoms with Crippen LogP contribution in [-0.4, -0.2) is 11.4 Å². The Balaban J connectivity index is 1.11. The largest absolute Gasteiger partial charge is 0.456 e. The van der Waals surface area contributed by atoms with E-state index in [9.17, 15) is 0 Å². The zero-order valence-electron chi connectivity index (χ0n) is 38.3. The Bertz CT molecular complexity index is 4170. The molecule has 6 heteroatoms. The van der Waals surface area contributed by atoms with Crippen LogP contribution in [0.25, 0.3) is 103 Å². The van der Waals surface area contributed by atoms with E-state index in [4.69, 9.17) is 8.83 Å². The van der Waals surface area contributed by atoms with Crippen molar-refractivity contribution in [1.29, 1.82) is 0 Å². The van der Waals surface area contributed by atoms with E-state index in [1.807, 2.05) is 11.3 Å². The molecule has 0 saturated carbocycles. The second-order valence-electron chi connectivity index (χ2n) is 21.9. The number of nitrogens with zero attached hydrogens (tertiary/aromatic N) is 2. The van der Waals surface area contributed by atoms with Crippen LogP contribution in [0.4, 0.5) is 11.4 Å². The van der Waals surface area contributed by atoms with E-state index in [0.717, 1.165) is 38.5 Å². The van der Waals surface area contributed by atoms with Gasteiger partial charge in [-0.25, -0.2) is 0 Å². The number of para-hydroxylation sites is 2. The molecule has 6 heterocycles. The van der Waals surface area contributed by atoms with Gasteiger partial charge in [-0.1, -0.05) is 109 Å². The number of hydrogen-bond donors (Lipinski definition) is 0. The molecule has 15 rings (SSSR count). The van der Waals surface area contributed by atoms with Gasteiger partial charge in [-0.15, -0.1) is 11.3 Å². The lowest BCUT2D eigenvalue weighted by Gasteiger charge is -2.42. The molecule has 0 unspecified atom stereocenters. The molecule has 8 aromatic carbocycles. The summed E-state index contributed by atoms with van der Waals surface area (Å²) < 4.78 is 18.7. The summed E-state index contributed by atoms with van der Waals surface area (Å²) >= 11 is 1.96. The lowest BCUT2D eigenvalue weighted by Crippen LogP contribution is -2.60. The van der Waals surface area contributed by atoms with Gasteiger partial charge in [0.15, 0.2) is 0 Å². The minimum atomic E-state index is -0.146. The van der Waals surface area contributed by atoms with E-state index < -0.39 is 0 Å². The number of benzene rings is 8. The molecule has 2 aliphatic heterocycles. The number of fused-ring (bicyclic) bond motifs is 19. The summed E-state index contributed by atoms with van der Waals surface area (Å²) in [5, 5.41) is 9.78. The second kappa shape index (κ2) is 12.2. The van der Waals surface area contributed by atoms with Crippen LogP contribution in [0.5, 0.6) is 0 Å². The first-order valence-corrected chi connectivity index (χ1v) is 24.5. The number of aromatic nitrogens is 1. The molecule has 0 fully saturated rings.